The Labute approximate surface area is 117 Å². The molecule has 0 radical (unpaired) electrons. The lowest BCUT2D eigenvalue weighted by Gasteiger charge is -2.08. The van der Waals surface area contributed by atoms with Crippen LogP contribution in [0.3, 0.4) is 0 Å². The van der Waals surface area contributed by atoms with Crippen molar-refractivity contribution in [2.24, 2.45) is 0 Å². The van der Waals surface area contributed by atoms with E-state index >= 15 is 0 Å². The molecule has 0 aliphatic heterocycles. The van der Waals surface area contributed by atoms with Crippen molar-refractivity contribution in [3.8, 4) is 11.5 Å². The zero-order valence-corrected chi connectivity index (χ0v) is 11.5. The van der Waals surface area contributed by atoms with Crippen molar-refractivity contribution >= 4 is 11.6 Å². The van der Waals surface area contributed by atoms with Crippen LogP contribution in [0.1, 0.15) is 16.7 Å². The highest BCUT2D eigenvalue weighted by atomic mass is 16.3. The maximum atomic E-state index is 11.9. The van der Waals surface area contributed by atoms with Gasteiger partial charge < -0.3 is 15.5 Å². The van der Waals surface area contributed by atoms with Gasteiger partial charge in [-0.3, -0.25) is 4.79 Å². The highest BCUT2D eigenvalue weighted by Crippen LogP contribution is 2.25. The molecule has 4 heteroatoms. The molecule has 0 fully saturated rings. The van der Waals surface area contributed by atoms with Gasteiger partial charge in [0, 0.05) is 5.69 Å². The fourth-order valence-corrected chi connectivity index (χ4v) is 2.12. The molecule has 0 spiro atoms. The molecule has 1 amide bonds. The average Bonchev–Trinajstić information content (AvgIpc) is 2.32. The van der Waals surface area contributed by atoms with Crippen molar-refractivity contribution in [2.75, 3.05) is 5.32 Å². The molecule has 104 valence electrons. The van der Waals surface area contributed by atoms with Gasteiger partial charge in [-0.15, -0.1) is 0 Å². The molecule has 0 heterocycles. The molecule has 0 saturated carbocycles. The van der Waals surface area contributed by atoms with Crippen molar-refractivity contribution < 1.29 is 15.0 Å². The molecule has 2 aromatic rings. The van der Waals surface area contributed by atoms with Crippen LogP contribution >= 0.6 is 0 Å². The van der Waals surface area contributed by atoms with Crippen LogP contribution in [0.15, 0.2) is 36.4 Å². The molecule has 0 atom stereocenters. The first-order chi connectivity index (χ1) is 9.44. The molecule has 0 bridgehead atoms. The van der Waals surface area contributed by atoms with Crippen LogP contribution < -0.4 is 5.32 Å². The Bertz CT molecular complexity index is 630. The predicted molar refractivity (Wildman–Crippen MR) is 78.0 cm³/mol. The fraction of sp³-hybridized carbons (Fsp3) is 0.188. The highest BCUT2D eigenvalue weighted by Gasteiger charge is 2.07. The molecule has 2 aromatic carbocycles. The Morgan fingerprint density at radius 2 is 1.65 bits per heavy atom. The largest absolute Gasteiger partial charge is 0.504 e. The van der Waals surface area contributed by atoms with E-state index in [1.165, 1.54) is 12.1 Å². The lowest BCUT2D eigenvalue weighted by molar-refractivity contribution is -0.115. The van der Waals surface area contributed by atoms with Crippen molar-refractivity contribution in [3.63, 3.8) is 0 Å². The molecule has 20 heavy (non-hydrogen) atoms. The van der Waals surface area contributed by atoms with Gasteiger partial charge in [-0.05, 0) is 54.8 Å². The van der Waals surface area contributed by atoms with E-state index < -0.39 is 0 Å². The standard InChI is InChI=1S/C16H17NO3/c1-10-5-11(2)7-13(6-10)17-16(20)9-12-3-4-14(18)15(19)8-12/h3-8,18-19H,9H2,1-2H3,(H,17,20). The molecule has 2 rings (SSSR count). The number of anilines is 1. The first-order valence-corrected chi connectivity index (χ1v) is 6.33. The van der Waals surface area contributed by atoms with Gasteiger partial charge in [-0.2, -0.15) is 0 Å². The predicted octanol–water partition coefficient (Wildman–Crippen LogP) is 2.90. The number of amides is 1. The van der Waals surface area contributed by atoms with E-state index in [4.69, 9.17) is 0 Å². The Morgan fingerprint density at radius 1 is 1.00 bits per heavy atom. The third-order valence-electron chi connectivity index (χ3n) is 2.91. The summed E-state index contributed by atoms with van der Waals surface area (Å²) < 4.78 is 0. The zero-order valence-electron chi connectivity index (χ0n) is 11.5. The van der Waals surface area contributed by atoms with Crippen LogP contribution in [-0.4, -0.2) is 16.1 Å². The summed E-state index contributed by atoms with van der Waals surface area (Å²) >= 11 is 0. The first kappa shape index (κ1) is 13.9. The molecule has 4 nitrogen and oxygen atoms in total. The highest BCUT2D eigenvalue weighted by molar-refractivity contribution is 5.92. The number of phenols is 2. The summed E-state index contributed by atoms with van der Waals surface area (Å²) in [6.45, 7) is 3.95. The Balaban J connectivity index is 2.06. The zero-order chi connectivity index (χ0) is 14.7. The monoisotopic (exact) mass is 271 g/mol. The van der Waals surface area contributed by atoms with Gasteiger partial charge >= 0.3 is 0 Å². The second-order valence-electron chi connectivity index (χ2n) is 4.92. The van der Waals surface area contributed by atoms with Gasteiger partial charge in [-0.1, -0.05) is 12.1 Å². The van der Waals surface area contributed by atoms with Crippen LogP contribution in [0.25, 0.3) is 0 Å². The number of hydrogen-bond acceptors (Lipinski definition) is 3. The van der Waals surface area contributed by atoms with Crippen LogP contribution in [0.4, 0.5) is 5.69 Å². The van der Waals surface area contributed by atoms with E-state index in [1.807, 2.05) is 32.0 Å². The van der Waals surface area contributed by atoms with E-state index in [1.54, 1.807) is 6.07 Å². The van der Waals surface area contributed by atoms with Crippen LogP contribution in [0.5, 0.6) is 11.5 Å². The Morgan fingerprint density at radius 3 is 2.25 bits per heavy atom. The topological polar surface area (TPSA) is 69.6 Å². The minimum atomic E-state index is -0.221. The summed E-state index contributed by atoms with van der Waals surface area (Å²) in [6.07, 6.45) is 0.140. The number of benzene rings is 2. The van der Waals surface area contributed by atoms with Gasteiger partial charge in [0.05, 0.1) is 6.42 Å². The summed E-state index contributed by atoms with van der Waals surface area (Å²) in [4.78, 5) is 11.9. The molecule has 0 aliphatic rings. The van der Waals surface area contributed by atoms with E-state index in [9.17, 15) is 15.0 Å². The number of phenolic OH excluding ortho intramolecular Hbond substituents is 2. The molecule has 3 N–H and O–H groups in total. The number of rotatable bonds is 3. The number of carbonyl (C=O) groups is 1. The maximum Gasteiger partial charge on any atom is 0.228 e. The molecule has 0 unspecified atom stereocenters. The number of aromatic hydroxyl groups is 2. The third-order valence-corrected chi connectivity index (χ3v) is 2.91. The minimum Gasteiger partial charge on any atom is -0.504 e. The lowest BCUT2D eigenvalue weighted by Crippen LogP contribution is -2.14. The average molecular weight is 271 g/mol. The van der Waals surface area contributed by atoms with Crippen molar-refractivity contribution in [1.29, 1.82) is 0 Å². The van der Waals surface area contributed by atoms with Gasteiger partial charge in [0.1, 0.15) is 0 Å². The number of aryl methyl sites for hydroxylation is 2. The molecular formula is C16H17NO3. The van der Waals surface area contributed by atoms with Crippen molar-refractivity contribution in [2.45, 2.75) is 20.3 Å². The number of hydrogen-bond donors (Lipinski definition) is 3. The summed E-state index contributed by atoms with van der Waals surface area (Å²) in [6, 6.07) is 10.2. The number of carbonyl (C=O) groups excluding carboxylic acids is 1. The Hall–Kier alpha value is -2.49. The van der Waals surface area contributed by atoms with Crippen LogP contribution in [0.2, 0.25) is 0 Å². The third kappa shape index (κ3) is 3.51. The van der Waals surface area contributed by atoms with Gasteiger partial charge in [-0.25, -0.2) is 0 Å². The summed E-state index contributed by atoms with van der Waals surface area (Å²) in [5.41, 5.74) is 3.57. The van der Waals surface area contributed by atoms with E-state index in [0.717, 1.165) is 16.8 Å². The van der Waals surface area contributed by atoms with E-state index in [-0.39, 0.29) is 23.8 Å². The van der Waals surface area contributed by atoms with Gasteiger partial charge in [0.15, 0.2) is 11.5 Å². The quantitative estimate of drug-likeness (QED) is 0.752. The lowest BCUT2D eigenvalue weighted by atomic mass is 10.1. The van der Waals surface area contributed by atoms with E-state index in [2.05, 4.69) is 5.32 Å². The first-order valence-electron chi connectivity index (χ1n) is 6.33. The SMILES string of the molecule is Cc1cc(C)cc(NC(=O)Cc2ccc(O)c(O)c2)c1. The summed E-state index contributed by atoms with van der Waals surface area (Å²) in [7, 11) is 0. The Kier molecular flexibility index (Phi) is 3.94. The smallest absolute Gasteiger partial charge is 0.228 e. The fourth-order valence-electron chi connectivity index (χ4n) is 2.12. The molecule has 0 aromatic heterocycles. The summed E-state index contributed by atoms with van der Waals surface area (Å²) in [5.74, 6) is -0.578. The van der Waals surface area contributed by atoms with Crippen LogP contribution in [-0.2, 0) is 11.2 Å². The normalized spacial score (nSPS) is 10.3. The van der Waals surface area contributed by atoms with Gasteiger partial charge in [0.2, 0.25) is 5.91 Å². The minimum absolute atomic E-state index is 0.140. The van der Waals surface area contributed by atoms with Crippen LogP contribution in [0, 0.1) is 13.8 Å². The summed E-state index contributed by atoms with van der Waals surface area (Å²) in [5, 5.41) is 21.4. The maximum absolute atomic E-state index is 11.9. The van der Waals surface area contributed by atoms with Gasteiger partial charge in [0.25, 0.3) is 0 Å². The van der Waals surface area contributed by atoms with Crippen molar-refractivity contribution in [3.05, 3.63) is 53.1 Å². The second kappa shape index (κ2) is 5.65. The molecular weight excluding hydrogens is 254 g/mol. The second-order valence-corrected chi connectivity index (χ2v) is 4.92. The molecule has 0 aliphatic carbocycles. The van der Waals surface area contributed by atoms with Crippen molar-refractivity contribution in [1.82, 2.24) is 0 Å². The number of nitrogens with one attached hydrogen (secondary N) is 1. The molecule has 0 saturated heterocycles. The van der Waals surface area contributed by atoms with E-state index in [0.29, 0.717) is 5.56 Å².